The van der Waals surface area contributed by atoms with Crippen molar-refractivity contribution in [2.45, 2.75) is 4.84 Å². The molecular formula is C6H7Cl2N3O. The average Bonchev–Trinajstić information content (AvgIpc) is 2.35. The molecule has 1 amide bonds. The molecule has 4 nitrogen and oxygen atoms in total. The second kappa shape index (κ2) is 3.78. The zero-order valence-corrected chi connectivity index (χ0v) is 7.80. The molecule has 0 fully saturated rings. The van der Waals surface area contributed by atoms with Crippen LogP contribution in [0.3, 0.4) is 0 Å². The van der Waals surface area contributed by atoms with E-state index in [-0.39, 0.29) is 0 Å². The Balaban J connectivity index is 2.58. The van der Waals surface area contributed by atoms with E-state index in [1.165, 1.54) is 0 Å². The summed E-state index contributed by atoms with van der Waals surface area (Å²) in [5.74, 6) is -0.0363. The van der Waals surface area contributed by atoms with Gasteiger partial charge in [-0.1, -0.05) is 23.2 Å². The average molecular weight is 208 g/mol. The predicted molar refractivity (Wildman–Crippen MR) is 47.3 cm³/mol. The highest BCUT2D eigenvalue weighted by atomic mass is 35.5. The largest absolute Gasteiger partial charge is 0.307 e. The van der Waals surface area contributed by atoms with Crippen LogP contribution in [-0.4, -0.2) is 20.5 Å². The van der Waals surface area contributed by atoms with Crippen LogP contribution in [0.2, 0.25) is 0 Å². The first-order valence-corrected chi connectivity index (χ1v) is 4.05. The van der Waals surface area contributed by atoms with E-state index >= 15 is 0 Å². The van der Waals surface area contributed by atoms with Crippen LogP contribution in [0.5, 0.6) is 0 Å². The van der Waals surface area contributed by atoms with Crippen molar-refractivity contribution in [3.63, 3.8) is 0 Å². The zero-order valence-electron chi connectivity index (χ0n) is 6.29. The molecule has 0 aliphatic rings. The second-order valence-corrected chi connectivity index (χ2v) is 3.26. The number of rotatable bonds is 2. The van der Waals surface area contributed by atoms with Crippen LogP contribution in [0, 0.1) is 0 Å². The Kier molecular flexibility index (Phi) is 2.94. The van der Waals surface area contributed by atoms with Gasteiger partial charge in [0, 0.05) is 19.3 Å². The van der Waals surface area contributed by atoms with E-state index < -0.39 is 10.7 Å². The number of carbonyl (C=O) groups is 1. The van der Waals surface area contributed by atoms with Gasteiger partial charge in [-0.15, -0.1) is 0 Å². The van der Waals surface area contributed by atoms with E-state index in [4.69, 9.17) is 23.2 Å². The summed E-state index contributed by atoms with van der Waals surface area (Å²) in [5.41, 5.74) is 0. The van der Waals surface area contributed by atoms with Gasteiger partial charge in [0.2, 0.25) is 0 Å². The first kappa shape index (κ1) is 9.35. The highest BCUT2D eigenvalue weighted by molar-refractivity contribution is 6.54. The Morgan fingerprint density at radius 1 is 1.75 bits per heavy atom. The van der Waals surface area contributed by atoms with E-state index in [9.17, 15) is 4.79 Å². The first-order valence-electron chi connectivity index (χ1n) is 3.18. The maximum absolute atomic E-state index is 10.9. The Bertz CT molecular complexity index is 284. The topological polar surface area (TPSA) is 46.9 Å². The number of anilines is 1. The molecule has 1 rings (SSSR count). The molecule has 66 valence electrons. The van der Waals surface area contributed by atoms with Crippen molar-refractivity contribution >= 4 is 34.9 Å². The second-order valence-electron chi connectivity index (χ2n) is 2.16. The number of aryl methyl sites for hydroxylation is 1. The Hall–Kier alpha value is -0.740. The molecule has 1 aromatic heterocycles. The number of nitrogens with one attached hydrogen (secondary N) is 1. The summed E-state index contributed by atoms with van der Waals surface area (Å²) in [6.45, 7) is 0. The number of carbonyl (C=O) groups excluding carboxylic acids is 1. The van der Waals surface area contributed by atoms with Gasteiger partial charge in [-0.3, -0.25) is 9.48 Å². The lowest BCUT2D eigenvalue weighted by molar-refractivity contribution is -0.114. The Morgan fingerprint density at radius 3 is 2.83 bits per heavy atom. The molecule has 1 N–H and O–H groups in total. The summed E-state index contributed by atoms with van der Waals surface area (Å²) in [6.07, 6.45) is 1.70. The fourth-order valence-electron chi connectivity index (χ4n) is 0.663. The molecular weight excluding hydrogens is 201 g/mol. The lowest BCUT2D eigenvalue weighted by atomic mass is 10.6. The third-order valence-electron chi connectivity index (χ3n) is 1.16. The minimum atomic E-state index is -1.06. The van der Waals surface area contributed by atoms with E-state index in [2.05, 4.69) is 10.4 Å². The molecule has 0 saturated carbocycles. The summed E-state index contributed by atoms with van der Waals surface area (Å²) < 4.78 is 1.56. The smallest absolute Gasteiger partial charge is 0.258 e. The summed E-state index contributed by atoms with van der Waals surface area (Å²) in [4.78, 5) is 9.83. The zero-order chi connectivity index (χ0) is 9.14. The number of hydrogen-bond donors (Lipinski definition) is 1. The first-order chi connectivity index (χ1) is 5.59. The van der Waals surface area contributed by atoms with Crippen LogP contribution < -0.4 is 5.32 Å². The summed E-state index contributed by atoms with van der Waals surface area (Å²) in [5, 5.41) is 6.33. The van der Waals surface area contributed by atoms with Crippen molar-refractivity contribution in [1.29, 1.82) is 0 Å². The third kappa shape index (κ3) is 2.39. The Labute approximate surface area is 79.5 Å². The van der Waals surface area contributed by atoms with E-state index in [0.29, 0.717) is 5.82 Å². The minimum Gasteiger partial charge on any atom is -0.307 e. The standard InChI is InChI=1S/C6H7Cl2N3O/c1-11-3-2-4(10-11)9-6(12)5(7)8/h2-3,5H,1H3,(H,9,10,12). The van der Waals surface area contributed by atoms with Gasteiger partial charge in [0.1, 0.15) is 0 Å². The normalized spacial score (nSPS) is 10.3. The molecule has 0 atom stereocenters. The van der Waals surface area contributed by atoms with Gasteiger partial charge in [-0.05, 0) is 0 Å². The fraction of sp³-hybridized carbons (Fsp3) is 0.333. The fourth-order valence-corrected chi connectivity index (χ4v) is 0.772. The maximum Gasteiger partial charge on any atom is 0.258 e. The van der Waals surface area contributed by atoms with Gasteiger partial charge in [0.15, 0.2) is 10.7 Å². The summed E-state index contributed by atoms with van der Waals surface area (Å²) in [6, 6.07) is 1.65. The summed E-state index contributed by atoms with van der Waals surface area (Å²) >= 11 is 10.6. The maximum atomic E-state index is 10.9. The lowest BCUT2D eigenvalue weighted by Gasteiger charge is -2.00. The molecule has 0 radical (unpaired) electrons. The van der Waals surface area contributed by atoms with Crippen molar-refractivity contribution in [2.75, 3.05) is 5.32 Å². The van der Waals surface area contributed by atoms with E-state index in [0.717, 1.165) is 0 Å². The number of nitrogens with zero attached hydrogens (tertiary/aromatic N) is 2. The van der Waals surface area contributed by atoms with E-state index in [1.54, 1.807) is 24.0 Å². The number of hydrogen-bond acceptors (Lipinski definition) is 2. The van der Waals surface area contributed by atoms with Crippen LogP contribution in [0.25, 0.3) is 0 Å². The quantitative estimate of drug-likeness (QED) is 0.741. The molecule has 0 saturated heterocycles. The van der Waals surface area contributed by atoms with Gasteiger partial charge in [0.25, 0.3) is 5.91 Å². The molecule has 6 heteroatoms. The highest BCUT2D eigenvalue weighted by Crippen LogP contribution is 2.06. The molecule has 0 bridgehead atoms. The van der Waals surface area contributed by atoms with Gasteiger partial charge < -0.3 is 5.32 Å². The summed E-state index contributed by atoms with van der Waals surface area (Å²) in [7, 11) is 1.74. The van der Waals surface area contributed by atoms with Gasteiger partial charge in [-0.25, -0.2) is 0 Å². The predicted octanol–water partition coefficient (Wildman–Crippen LogP) is 1.16. The van der Waals surface area contributed by atoms with Crippen molar-refractivity contribution in [3.05, 3.63) is 12.3 Å². The van der Waals surface area contributed by atoms with Crippen LogP contribution >= 0.6 is 23.2 Å². The van der Waals surface area contributed by atoms with Crippen molar-refractivity contribution in [3.8, 4) is 0 Å². The molecule has 1 aromatic rings. The molecule has 12 heavy (non-hydrogen) atoms. The van der Waals surface area contributed by atoms with Crippen molar-refractivity contribution in [2.24, 2.45) is 7.05 Å². The number of aromatic nitrogens is 2. The molecule has 0 unspecified atom stereocenters. The van der Waals surface area contributed by atoms with Gasteiger partial charge in [-0.2, -0.15) is 5.10 Å². The molecule has 0 aliphatic carbocycles. The number of alkyl halides is 2. The van der Waals surface area contributed by atoms with Crippen molar-refractivity contribution in [1.82, 2.24) is 9.78 Å². The monoisotopic (exact) mass is 207 g/mol. The van der Waals surface area contributed by atoms with Gasteiger partial charge in [0.05, 0.1) is 0 Å². The number of amides is 1. The minimum absolute atomic E-state index is 0.439. The Morgan fingerprint density at radius 2 is 2.42 bits per heavy atom. The SMILES string of the molecule is Cn1ccc(NC(=O)C(Cl)Cl)n1. The van der Waals surface area contributed by atoms with Crippen LogP contribution in [0.1, 0.15) is 0 Å². The van der Waals surface area contributed by atoms with Crippen molar-refractivity contribution < 1.29 is 4.79 Å². The molecule has 0 aromatic carbocycles. The number of halogens is 2. The van der Waals surface area contributed by atoms with E-state index in [1.807, 2.05) is 0 Å². The van der Waals surface area contributed by atoms with Crippen LogP contribution in [0.4, 0.5) is 5.82 Å². The molecule has 0 aliphatic heterocycles. The van der Waals surface area contributed by atoms with Gasteiger partial charge >= 0.3 is 0 Å². The third-order valence-corrected chi connectivity index (χ3v) is 1.56. The highest BCUT2D eigenvalue weighted by Gasteiger charge is 2.11. The van der Waals surface area contributed by atoms with Crippen LogP contribution in [-0.2, 0) is 11.8 Å². The molecule has 0 spiro atoms. The molecule has 1 heterocycles. The lowest BCUT2D eigenvalue weighted by Crippen LogP contribution is -2.18. The van der Waals surface area contributed by atoms with Crippen LogP contribution in [0.15, 0.2) is 12.3 Å².